The van der Waals surface area contributed by atoms with Gasteiger partial charge in [0, 0.05) is 6.54 Å². The summed E-state index contributed by atoms with van der Waals surface area (Å²) in [7, 11) is 0. The molecule has 2 nitrogen and oxygen atoms in total. The van der Waals surface area contributed by atoms with Crippen molar-refractivity contribution in [1.82, 2.24) is 4.90 Å². The van der Waals surface area contributed by atoms with Gasteiger partial charge in [-0.1, -0.05) is 49.8 Å². The van der Waals surface area contributed by atoms with E-state index in [0.717, 1.165) is 19.4 Å². The number of allylic oxidation sites excluding steroid dienone is 2. The predicted octanol–water partition coefficient (Wildman–Crippen LogP) is 4.90. The lowest BCUT2D eigenvalue weighted by Crippen LogP contribution is -2.33. The van der Waals surface area contributed by atoms with E-state index >= 15 is 0 Å². The molecular weight excluding hydrogens is 282 g/mol. The van der Waals surface area contributed by atoms with Crippen molar-refractivity contribution >= 4 is 5.91 Å². The number of amides is 1. The van der Waals surface area contributed by atoms with Crippen LogP contribution in [0.5, 0.6) is 0 Å². The van der Waals surface area contributed by atoms with Gasteiger partial charge in [-0.3, -0.25) is 4.79 Å². The van der Waals surface area contributed by atoms with Crippen LogP contribution in [0, 0.1) is 24.2 Å². The van der Waals surface area contributed by atoms with Crippen molar-refractivity contribution in [2.75, 3.05) is 6.54 Å². The average Bonchev–Trinajstić information content (AvgIpc) is 2.86. The summed E-state index contributed by atoms with van der Waals surface area (Å²) >= 11 is 0. The van der Waals surface area contributed by atoms with Gasteiger partial charge in [0.25, 0.3) is 0 Å². The molecule has 1 amide bonds. The fourth-order valence-corrected chi connectivity index (χ4v) is 4.31. The quantitative estimate of drug-likeness (QED) is 0.727. The molecular formula is C21H29NO. The summed E-state index contributed by atoms with van der Waals surface area (Å²) in [6.45, 7) is 11.8. The van der Waals surface area contributed by atoms with E-state index < -0.39 is 0 Å². The molecule has 0 radical (unpaired) electrons. The van der Waals surface area contributed by atoms with Crippen molar-refractivity contribution in [2.24, 2.45) is 17.3 Å². The van der Waals surface area contributed by atoms with Crippen LogP contribution in [0.3, 0.4) is 0 Å². The molecule has 0 spiro atoms. The van der Waals surface area contributed by atoms with E-state index in [1.165, 1.54) is 16.7 Å². The number of aryl methyl sites for hydroxylation is 1. The van der Waals surface area contributed by atoms with Crippen molar-refractivity contribution in [3.63, 3.8) is 0 Å². The second-order valence-electron chi connectivity index (χ2n) is 8.12. The maximum atomic E-state index is 13.2. The first kappa shape index (κ1) is 16.3. The number of carbonyl (C=O) groups excluding carboxylic acids is 1. The zero-order chi connectivity index (χ0) is 16.8. The Kier molecular flexibility index (Phi) is 4.12. The Bertz CT molecular complexity index is 639. The van der Waals surface area contributed by atoms with Crippen LogP contribution in [-0.4, -0.2) is 17.4 Å². The number of benzene rings is 1. The van der Waals surface area contributed by atoms with E-state index in [4.69, 9.17) is 0 Å². The standard InChI is InChI=1S/C21H29NO/c1-14(2)13-17-19(21(17,4)5)20(23)22-12-8-11-18(22)16-10-7-6-9-15(16)3/h6-7,9-10,13,17-19H,8,11-12H2,1-5H3/t17-,18+,19-/m1/s1. The molecule has 0 aromatic heterocycles. The van der Waals surface area contributed by atoms with Crippen LogP contribution < -0.4 is 0 Å². The first-order chi connectivity index (χ1) is 10.8. The summed E-state index contributed by atoms with van der Waals surface area (Å²) in [5.74, 6) is 0.920. The van der Waals surface area contributed by atoms with Crippen LogP contribution in [0.2, 0.25) is 0 Å². The highest BCUT2D eigenvalue weighted by Crippen LogP contribution is 2.60. The van der Waals surface area contributed by atoms with Crippen LogP contribution in [0.4, 0.5) is 0 Å². The zero-order valence-corrected chi connectivity index (χ0v) is 15.1. The molecule has 1 aliphatic carbocycles. The van der Waals surface area contributed by atoms with E-state index in [-0.39, 0.29) is 17.4 Å². The van der Waals surface area contributed by atoms with Gasteiger partial charge in [0.1, 0.15) is 0 Å². The lowest BCUT2D eigenvalue weighted by molar-refractivity contribution is -0.134. The largest absolute Gasteiger partial charge is 0.335 e. The van der Waals surface area contributed by atoms with E-state index in [0.29, 0.717) is 11.8 Å². The number of rotatable bonds is 3. The number of hydrogen-bond donors (Lipinski definition) is 0. The minimum atomic E-state index is 0.104. The zero-order valence-electron chi connectivity index (χ0n) is 15.1. The minimum Gasteiger partial charge on any atom is -0.335 e. The van der Waals surface area contributed by atoms with Crippen LogP contribution in [-0.2, 0) is 4.79 Å². The Labute approximate surface area is 140 Å². The molecule has 2 heteroatoms. The Balaban J connectivity index is 1.83. The SMILES string of the molecule is CC(C)=C[C@@H]1[C@H](C(=O)N2CCC[C@H]2c2ccccc2C)C1(C)C. The average molecular weight is 311 g/mol. The molecule has 1 saturated carbocycles. The molecule has 2 aliphatic rings. The molecule has 3 rings (SSSR count). The minimum absolute atomic E-state index is 0.104. The van der Waals surface area contributed by atoms with Gasteiger partial charge in [0.2, 0.25) is 5.91 Å². The summed E-state index contributed by atoms with van der Waals surface area (Å²) in [5, 5.41) is 0. The third kappa shape index (κ3) is 2.84. The van der Waals surface area contributed by atoms with Gasteiger partial charge < -0.3 is 4.90 Å². The number of likely N-dealkylation sites (tertiary alicyclic amines) is 1. The lowest BCUT2D eigenvalue weighted by atomic mass is 9.99. The monoisotopic (exact) mass is 311 g/mol. The van der Waals surface area contributed by atoms with Crippen molar-refractivity contribution in [1.29, 1.82) is 0 Å². The van der Waals surface area contributed by atoms with Crippen molar-refractivity contribution in [2.45, 2.75) is 53.5 Å². The third-order valence-electron chi connectivity index (χ3n) is 5.77. The molecule has 1 saturated heterocycles. The summed E-state index contributed by atoms with van der Waals surface area (Å²) in [6, 6.07) is 8.79. The Morgan fingerprint density at radius 1 is 1.26 bits per heavy atom. The Morgan fingerprint density at radius 3 is 2.61 bits per heavy atom. The van der Waals surface area contributed by atoms with Crippen molar-refractivity contribution in [3.8, 4) is 0 Å². The maximum absolute atomic E-state index is 13.2. The second-order valence-corrected chi connectivity index (χ2v) is 8.12. The van der Waals surface area contributed by atoms with Crippen LogP contribution >= 0.6 is 0 Å². The van der Waals surface area contributed by atoms with Crippen molar-refractivity contribution in [3.05, 3.63) is 47.0 Å². The second kappa shape index (κ2) is 5.81. The van der Waals surface area contributed by atoms with Gasteiger partial charge in [-0.25, -0.2) is 0 Å². The van der Waals surface area contributed by atoms with Gasteiger partial charge in [-0.05, 0) is 56.1 Å². The molecule has 3 atom stereocenters. The van der Waals surface area contributed by atoms with Gasteiger partial charge in [0.05, 0.1) is 12.0 Å². The van der Waals surface area contributed by atoms with Crippen molar-refractivity contribution < 1.29 is 4.79 Å². The molecule has 0 bridgehead atoms. The fraction of sp³-hybridized carbons (Fsp3) is 0.571. The summed E-state index contributed by atoms with van der Waals surface area (Å²) < 4.78 is 0. The summed E-state index contributed by atoms with van der Waals surface area (Å²) in [5.41, 5.74) is 4.05. The fourth-order valence-electron chi connectivity index (χ4n) is 4.31. The van der Waals surface area contributed by atoms with Gasteiger partial charge in [-0.15, -0.1) is 0 Å². The Morgan fingerprint density at radius 2 is 1.96 bits per heavy atom. The van der Waals surface area contributed by atoms with Gasteiger partial charge in [-0.2, -0.15) is 0 Å². The molecule has 0 N–H and O–H groups in total. The smallest absolute Gasteiger partial charge is 0.227 e. The molecule has 1 aromatic carbocycles. The highest BCUT2D eigenvalue weighted by molar-refractivity contribution is 5.84. The normalized spacial score (nSPS) is 28.6. The molecule has 1 aliphatic heterocycles. The molecule has 1 aromatic rings. The number of nitrogens with zero attached hydrogens (tertiary/aromatic N) is 1. The van der Waals surface area contributed by atoms with E-state index in [2.05, 4.69) is 69.9 Å². The van der Waals surface area contributed by atoms with E-state index in [1.807, 2.05) is 0 Å². The van der Waals surface area contributed by atoms with Gasteiger partial charge in [0.15, 0.2) is 0 Å². The first-order valence-electron chi connectivity index (χ1n) is 8.85. The van der Waals surface area contributed by atoms with Crippen LogP contribution in [0.25, 0.3) is 0 Å². The van der Waals surface area contributed by atoms with Crippen LogP contribution in [0.15, 0.2) is 35.9 Å². The molecule has 23 heavy (non-hydrogen) atoms. The highest BCUT2D eigenvalue weighted by atomic mass is 16.2. The Hall–Kier alpha value is -1.57. The highest BCUT2D eigenvalue weighted by Gasteiger charge is 2.61. The molecule has 1 heterocycles. The third-order valence-corrected chi connectivity index (χ3v) is 5.77. The molecule has 0 unspecified atom stereocenters. The van der Waals surface area contributed by atoms with E-state index in [9.17, 15) is 4.79 Å². The summed E-state index contributed by atoms with van der Waals surface area (Å²) in [6.07, 6.45) is 4.50. The predicted molar refractivity (Wildman–Crippen MR) is 95.1 cm³/mol. The number of hydrogen-bond acceptors (Lipinski definition) is 1. The van der Waals surface area contributed by atoms with E-state index in [1.54, 1.807) is 0 Å². The number of carbonyl (C=O) groups is 1. The van der Waals surface area contributed by atoms with Gasteiger partial charge >= 0.3 is 0 Å². The lowest BCUT2D eigenvalue weighted by Gasteiger charge is -2.27. The molecule has 124 valence electrons. The first-order valence-corrected chi connectivity index (χ1v) is 8.85. The topological polar surface area (TPSA) is 20.3 Å². The summed E-state index contributed by atoms with van der Waals surface area (Å²) in [4.78, 5) is 15.4. The molecule has 2 fully saturated rings. The maximum Gasteiger partial charge on any atom is 0.227 e. The van der Waals surface area contributed by atoms with Crippen LogP contribution in [0.1, 0.15) is 57.7 Å².